The van der Waals surface area contributed by atoms with E-state index in [2.05, 4.69) is 9.88 Å². The molecule has 0 aliphatic carbocycles. The molecule has 0 saturated carbocycles. The van der Waals surface area contributed by atoms with Crippen molar-refractivity contribution in [3.63, 3.8) is 0 Å². The maximum absolute atomic E-state index is 12.6. The molecular weight excluding hydrogens is 278 g/mol. The second-order valence-corrected chi connectivity index (χ2v) is 6.06. The van der Waals surface area contributed by atoms with Crippen molar-refractivity contribution in [3.8, 4) is 5.75 Å². The van der Waals surface area contributed by atoms with Gasteiger partial charge in [-0.2, -0.15) is 0 Å². The van der Waals surface area contributed by atoms with Gasteiger partial charge < -0.3 is 14.5 Å². The van der Waals surface area contributed by atoms with Crippen LogP contribution in [0.15, 0.2) is 30.6 Å². The Morgan fingerprint density at radius 3 is 2.95 bits per heavy atom. The maximum Gasteiger partial charge on any atom is 0.257 e. The van der Waals surface area contributed by atoms with Crippen LogP contribution in [0.3, 0.4) is 0 Å². The highest BCUT2D eigenvalue weighted by Gasteiger charge is 2.28. The second-order valence-electron chi connectivity index (χ2n) is 6.06. The summed E-state index contributed by atoms with van der Waals surface area (Å²) in [5, 5.41) is 1.94. The van der Waals surface area contributed by atoms with Crippen LogP contribution < -0.4 is 4.74 Å². The number of carbonyl (C=O) groups excluding carboxylic acids is 1. The number of aromatic nitrogens is 1. The molecule has 0 radical (unpaired) electrons. The van der Waals surface area contributed by atoms with Crippen LogP contribution in [0, 0.1) is 0 Å². The standard InChI is InChI=1S/C17H21N3O2/c1-19(2)9-7-13-11-20(3)17(21)15-5-4-12-10-18-8-6-14(12)16(15)22-13/h4-6,8,10,13H,7,9,11H2,1-3H3. The van der Waals surface area contributed by atoms with E-state index in [4.69, 9.17) is 4.74 Å². The lowest BCUT2D eigenvalue weighted by molar-refractivity contribution is 0.0751. The van der Waals surface area contributed by atoms with Crippen LogP contribution in [0.1, 0.15) is 16.8 Å². The summed E-state index contributed by atoms with van der Waals surface area (Å²) in [4.78, 5) is 20.6. The quantitative estimate of drug-likeness (QED) is 0.870. The van der Waals surface area contributed by atoms with Gasteiger partial charge in [0.05, 0.1) is 12.1 Å². The SMILES string of the molecule is CN(C)CCC1CN(C)C(=O)c2ccc3cnccc3c2O1. The molecule has 1 aliphatic rings. The first-order chi connectivity index (χ1) is 10.6. The molecule has 22 heavy (non-hydrogen) atoms. The molecule has 1 amide bonds. The number of ether oxygens (including phenoxy) is 1. The molecule has 5 nitrogen and oxygen atoms in total. The highest BCUT2D eigenvalue weighted by Crippen LogP contribution is 2.33. The van der Waals surface area contributed by atoms with Gasteiger partial charge in [0.1, 0.15) is 11.9 Å². The van der Waals surface area contributed by atoms with Crippen molar-refractivity contribution < 1.29 is 9.53 Å². The number of amides is 1. The van der Waals surface area contributed by atoms with Crippen LogP contribution in [-0.2, 0) is 0 Å². The van der Waals surface area contributed by atoms with Gasteiger partial charge in [0.2, 0.25) is 0 Å². The molecule has 0 fully saturated rings. The summed E-state index contributed by atoms with van der Waals surface area (Å²) in [5.74, 6) is 0.707. The number of hydrogen-bond donors (Lipinski definition) is 0. The summed E-state index contributed by atoms with van der Waals surface area (Å²) in [7, 11) is 5.92. The van der Waals surface area contributed by atoms with Crippen molar-refractivity contribution in [1.82, 2.24) is 14.8 Å². The average Bonchev–Trinajstić information content (AvgIpc) is 2.63. The number of fused-ring (bicyclic) bond motifs is 3. The van der Waals surface area contributed by atoms with E-state index >= 15 is 0 Å². The normalized spacial score (nSPS) is 18.3. The van der Waals surface area contributed by atoms with Gasteiger partial charge in [-0.3, -0.25) is 9.78 Å². The summed E-state index contributed by atoms with van der Waals surface area (Å²) >= 11 is 0. The van der Waals surface area contributed by atoms with Crippen molar-refractivity contribution in [2.24, 2.45) is 0 Å². The van der Waals surface area contributed by atoms with E-state index in [0.717, 1.165) is 23.7 Å². The third kappa shape index (κ3) is 2.76. The molecule has 2 aromatic rings. The molecule has 1 aromatic carbocycles. The number of pyridine rings is 1. The van der Waals surface area contributed by atoms with Gasteiger partial charge in [0.15, 0.2) is 0 Å². The minimum absolute atomic E-state index is 0.00337. The van der Waals surface area contributed by atoms with Crippen molar-refractivity contribution >= 4 is 16.7 Å². The van der Waals surface area contributed by atoms with Crippen molar-refractivity contribution in [3.05, 3.63) is 36.2 Å². The minimum atomic E-state index is -0.00337. The molecule has 1 unspecified atom stereocenters. The fourth-order valence-corrected chi connectivity index (χ4v) is 2.79. The molecule has 1 atom stereocenters. The Morgan fingerprint density at radius 2 is 2.18 bits per heavy atom. The monoisotopic (exact) mass is 299 g/mol. The molecule has 5 heteroatoms. The number of benzene rings is 1. The Bertz CT molecular complexity index is 699. The molecular formula is C17H21N3O2. The van der Waals surface area contributed by atoms with Crippen LogP contribution in [0.25, 0.3) is 10.8 Å². The van der Waals surface area contributed by atoms with Gasteiger partial charge in [-0.15, -0.1) is 0 Å². The lowest BCUT2D eigenvalue weighted by atomic mass is 10.1. The Kier molecular flexibility index (Phi) is 3.98. The average molecular weight is 299 g/mol. The number of hydrogen-bond acceptors (Lipinski definition) is 4. The van der Waals surface area contributed by atoms with Gasteiger partial charge in [0.25, 0.3) is 5.91 Å². The molecule has 0 saturated heterocycles. The van der Waals surface area contributed by atoms with Gasteiger partial charge in [-0.05, 0) is 32.6 Å². The van der Waals surface area contributed by atoms with Gasteiger partial charge in [-0.1, -0.05) is 6.07 Å². The van der Waals surface area contributed by atoms with E-state index < -0.39 is 0 Å². The van der Waals surface area contributed by atoms with E-state index in [9.17, 15) is 4.79 Å². The Labute approximate surface area is 130 Å². The van der Waals surface area contributed by atoms with Crippen molar-refractivity contribution in [2.45, 2.75) is 12.5 Å². The number of carbonyl (C=O) groups is 1. The van der Waals surface area contributed by atoms with Crippen molar-refractivity contribution in [1.29, 1.82) is 0 Å². The first-order valence-electron chi connectivity index (χ1n) is 7.50. The van der Waals surface area contributed by atoms with Gasteiger partial charge in [0, 0.05) is 36.8 Å². The fourth-order valence-electron chi connectivity index (χ4n) is 2.79. The van der Waals surface area contributed by atoms with Gasteiger partial charge >= 0.3 is 0 Å². The van der Waals surface area contributed by atoms with Gasteiger partial charge in [-0.25, -0.2) is 0 Å². The van der Waals surface area contributed by atoms with Crippen molar-refractivity contribution in [2.75, 3.05) is 34.2 Å². The van der Waals surface area contributed by atoms with E-state index in [0.29, 0.717) is 17.9 Å². The predicted molar refractivity (Wildman–Crippen MR) is 86.3 cm³/mol. The number of rotatable bonds is 3. The maximum atomic E-state index is 12.6. The first-order valence-corrected chi connectivity index (χ1v) is 7.50. The third-order valence-corrected chi connectivity index (χ3v) is 4.01. The lowest BCUT2D eigenvalue weighted by Gasteiger charge is -2.22. The van der Waals surface area contributed by atoms with Crippen LogP contribution >= 0.6 is 0 Å². The highest BCUT2D eigenvalue weighted by atomic mass is 16.5. The first kappa shape index (κ1) is 14.8. The molecule has 0 bridgehead atoms. The summed E-state index contributed by atoms with van der Waals surface area (Å²) in [6.07, 6.45) is 4.41. The fraction of sp³-hybridized carbons (Fsp3) is 0.412. The molecule has 0 spiro atoms. The molecule has 116 valence electrons. The van der Waals surface area contributed by atoms with E-state index in [-0.39, 0.29) is 12.0 Å². The zero-order chi connectivity index (χ0) is 15.7. The summed E-state index contributed by atoms with van der Waals surface area (Å²) in [6.45, 7) is 1.53. The number of likely N-dealkylation sites (N-methyl/N-ethyl adjacent to an activating group) is 1. The third-order valence-electron chi connectivity index (χ3n) is 4.01. The van der Waals surface area contributed by atoms with Crippen LogP contribution in [0.2, 0.25) is 0 Å². The van der Waals surface area contributed by atoms with E-state index in [1.54, 1.807) is 17.3 Å². The zero-order valence-corrected chi connectivity index (χ0v) is 13.2. The van der Waals surface area contributed by atoms with Crippen LogP contribution in [0.4, 0.5) is 0 Å². The molecule has 1 aromatic heterocycles. The predicted octanol–water partition coefficient (Wildman–Crippen LogP) is 2.02. The summed E-state index contributed by atoms with van der Waals surface area (Å²) < 4.78 is 6.24. The number of nitrogens with zero attached hydrogens (tertiary/aromatic N) is 3. The molecule has 2 heterocycles. The van der Waals surface area contributed by atoms with E-state index in [1.807, 2.05) is 39.3 Å². The smallest absolute Gasteiger partial charge is 0.257 e. The van der Waals surface area contributed by atoms with Crippen LogP contribution in [-0.4, -0.2) is 61.0 Å². The van der Waals surface area contributed by atoms with E-state index in [1.165, 1.54) is 0 Å². The molecule has 3 rings (SSSR count). The summed E-state index contributed by atoms with van der Waals surface area (Å²) in [6, 6.07) is 5.68. The van der Waals surface area contributed by atoms with Crippen LogP contribution in [0.5, 0.6) is 5.75 Å². The molecule has 1 aliphatic heterocycles. The Hall–Kier alpha value is -2.14. The second kappa shape index (κ2) is 5.93. The summed E-state index contributed by atoms with van der Waals surface area (Å²) in [5.41, 5.74) is 0.633. The highest BCUT2D eigenvalue weighted by molar-refractivity contribution is 6.03. The Morgan fingerprint density at radius 1 is 1.36 bits per heavy atom. The lowest BCUT2D eigenvalue weighted by Crippen LogP contribution is -2.35. The minimum Gasteiger partial charge on any atom is -0.487 e. The zero-order valence-electron chi connectivity index (χ0n) is 13.2. The Balaban J connectivity index is 2.03. The largest absolute Gasteiger partial charge is 0.487 e. The topological polar surface area (TPSA) is 45.7 Å². The molecule has 0 N–H and O–H groups in total.